The standard InChI is InChI=1S/C18H27N3O4.C14H17N3O4.C14H19N3O2.C12H15N3O5.C7H9N3O2.C6H7N3O2.C5H6O3.C2H4O.CH3I/c1-3-25-18(24)6-4-5-17-19-15-8-7-14(13-16(15)20(17)2)21(9-11-22)10-12-23;1-3-21-14(18)6-4-5-13-15-11-8-7-10(17(19)20)9-12(11)16(13)2;1-3-19-14(18)6-4-5-13-16-11-8-7-10(15)9-12(11)17(13)2;1-13-10-7-8(15(19)20)5-6-9(10)14-11(16)3-2-4-12(17)18;1-9-7-4-5(10(11)12)2-3-6(7)8;7-5-2-1-4(9(10)11)3-6(5)8;6-4-2-1-3-5(7)8-4;1-2-3-1;1-2/h7-8,13,22-23H,3-6,9-12H2,1-2H3;7-9H,3-6H2,1-2H3;7-9H,3-6,15H2,1-2H3;5-7,13H,2-4H2,1H3,(H,14,16)(H,17,18);2-4,9H,8H2,1H3;1-3H,7-8H2;1-3H2;1-2H2;1H3. The third-order valence-electron chi connectivity index (χ3n) is 17.0. The highest BCUT2D eigenvalue weighted by Gasteiger charge is 2.20. The Balaban J connectivity index is 0.000000369. The molecule has 0 saturated carbocycles. The average molecular weight is 1800 g/mol. The first-order valence-corrected chi connectivity index (χ1v) is 40.3. The summed E-state index contributed by atoms with van der Waals surface area (Å²) < 4.78 is 29.3. The first-order valence-electron chi connectivity index (χ1n) is 38.1. The van der Waals surface area contributed by atoms with Gasteiger partial charge in [0.15, 0.2) is 0 Å². The summed E-state index contributed by atoms with van der Waals surface area (Å²) in [4.78, 5) is 134. The van der Waals surface area contributed by atoms with Gasteiger partial charge in [-0.05, 0) is 118 Å². The topological polar surface area (TPSA) is 599 Å². The molecule has 0 aliphatic carbocycles. The molecule has 0 bridgehead atoms. The number of hydrogen-bond donors (Lipinski definition) is 10. The van der Waals surface area contributed by atoms with E-state index in [-0.39, 0.29) is 96.7 Å². The first-order chi connectivity index (χ1) is 57.7. The molecular formula is C79H107IN18O23. The van der Waals surface area contributed by atoms with Crippen molar-refractivity contribution in [3.8, 4) is 0 Å². The number of hydrogen-bond acceptors (Lipinski definition) is 32. The van der Waals surface area contributed by atoms with E-state index in [9.17, 15) is 84.2 Å². The number of ether oxygens (including phenoxy) is 5. The van der Waals surface area contributed by atoms with E-state index in [0.29, 0.717) is 131 Å². The van der Waals surface area contributed by atoms with Crippen LogP contribution in [-0.2, 0) is 97.7 Å². The number of benzene rings is 6. The molecule has 11 rings (SSSR count). The molecular weight excluding hydrogens is 1700 g/mol. The molecule has 6 aromatic carbocycles. The summed E-state index contributed by atoms with van der Waals surface area (Å²) in [6, 6.07) is 28.4. The number of halogens is 1. The van der Waals surface area contributed by atoms with Gasteiger partial charge in [0.05, 0.1) is 133 Å². The Labute approximate surface area is 710 Å². The number of nitrogens with zero attached hydrogens (tertiary/aromatic N) is 11. The number of imidazole rings is 3. The maximum absolute atomic E-state index is 11.6. The number of epoxide rings is 1. The number of esters is 5. The maximum Gasteiger partial charge on any atom is 0.313 e. The molecule has 41 nitrogen and oxygen atoms in total. The average Bonchev–Trinajstić information content (AvgIpc) is 1.68. The van der Waals surface area contributed by atoms with Crippen LogP contribution in [0.1, 0.15) is 115 Å². The number of rotatable bonds is 31. The van der Waals surface area contributed by atoms with Gasteiger partial charge < -0.3 is 96.5 Å². The van der Waals surface area contributed by atoms with Gasteiger partial charge in [-0.1, -0.05) is 22.6 Å². The second-order valence-corrected chi connectivity index (χ2v) is 25.7. The number of carboxylic acid groups (broad SMARTS) is 1. The molecule has 0 unspecified atom stereocenters. The van der Waals surface area contributed by atoms with Crippen LogP contribution in [0, 0.1) is 40.5 Å². The number of nitrogens with one attached hydrogen (secondary N) is 3. The molecule has 121 heavy (non-hydrogen) atoms. The number of carboxylic acids is 1. The van der Waals surface area contributed by atoms with Crippen LogP contribution < -0.4 is 43.8 Å². The van der Waals surface area contributed by atoms with Gasteiger partial charge in [0, 0.05) is 172 Å². The van der Waals surface area contributed by atoms with E-state index in [2.05, 4.69) is 63.0 Å². The van der Waals surface area contributed by atoms with E-state index in [1.54, 1.807) is 34.0 Å². The van der Waals surface area contributed by atoms with E-state index in [1.165, 1.54) is 66.7 Å². The van der Waals surface area contributed by atoms with E-state index in [0.717, 1.165) is 82.5 Å². The molecule has 658 valence electrons. The number of carbonyl (C=O) groups excluding carboxylic acids is 6. The molecule has 3 aromatic heterocycles. The van der Waals surface area contributed by atoms with Gasteiger partial charge >= 0.3 is 35.8 Å². The van der Waals surface area contributed by atoms with Crippen molar-refractivity contribution in [2.24, 2.45) is 21.1 Å². The Hall–Kier alpha value is -13.0. The maximum atomic E-state index is 11.6. The number of carbonyl (C=O) groups is 7. The number of aryl methyl sites for hydroxylation is 6. The molecule has 5 heterocycles. The number of aliphatic hydroxyl groups excluding tert-OH is 2. The number of cyclic esters (lactones) is 2. The lowest BCUT2D eigenvalue weighted by Gasteiger charge is -2.23. The number of nitro groups is 4. The summed E-state index contributed by atoms with van der Waals surface area (Å²) >= 11 is 2.15. The number of aromatic nitrogens is 6. The summed E-state index contributed by atoms with van der Waals surface area (Å²) in [7, 11) is 8.99. The Morgan fingerprint density at radius 2 is 0.893 bits per heavy atom. The summed E-state index contributed by atoms with van der Waals surface area (Å²) in [5.74, 6) is 0.0831. The van der Waals surface area contributed by atoms with E-state index < -0.39 is 25.7 Å². The van der Waals surface area contributed by atoms with Crippen molar-refractivity contribution in [2.45, 2.75) is 117 Å². The summed E-state index contributed by atoms with van der Waals surface area (Å²) in [6.07, 6.45) is 7.00. The number of nitrogens with two attached hydrogens (primary N) is 4. The predicted molar refractivity (Wildman–Crippen MR) is 466 cm³/mol. The number of nitrogen functional groups attached to an aromatic ring is 4. The third kappa shape index (κ3) is 36.8. The Morgan fingerprint density at radius 1 is 0.504 bits per heavy atom. The molecule has 1 amide bonds. The number of nitro benzene ring substituents is 4. The molecule has 0 spiro atoms. The highest BCUT2D eigenvalue weighted by atomic mass is 127. The monoisotopic (exact) mass is 1800 g/mol. The first kappa shape index (κ1) is 102. The van der Waals surface area contributed by atoms with Gasteiger partial charge in [-0.15, -0.1) is 0 Å². The predicted octanol–water partition coefficient (Wildman–Crippen LogP) is 10.8. The number of aliphatic hydroxyl groups is 2. The molecule has 2 aliphatic rings. The summed E-state index contributed by atoms with van der Waals surface area (Å²) in [5, 5.41) is 76.9. The van der Waals surface area contributed by atoms with Crippen molar-refractivity contribution in [1.82, 2.24) is 28.7 Å². The molecule has 2 aliphatic heterocycles. The van der Waals surface area contributed by atoms with Crippen LogP contribution in [0.25, 0.3) is 33.1 Å². The SMILES string of the molecule is C1CO1.CCOC(=O)CCCc1nc2ccc(N(CCO)CCO)cc2n1C.CCOC(=O)CCCc1nc2ccc(N)cc2n1C.CCOC(=O)CCCc1nc2ccc([N+](=O)[O-])cc2n1C.CI.CNc1cc([N+](=O)[O-])ccc1N.CNc1cc([N+](=O)[O-])ccc1NC(=O)CCCC(=O)O.Nc1ccc([N+](=O)[O-])cc1N.O=C1CCCC(=O)O1. The van der Waals surface area contributed by atoms with E-state index >= 15 is 0 Å². The van der Waals surface area contributed by atoms with Crippen molar-refractivity contribution in [1.29, 1.82) is 0 Å². The van der Waals surface area contributed by atoms with Crippen molar-refractivity contribution < 1.29 is 92.3 Å². The van der Waals surface area contributed by atoms with Crippen molar-refractivity contribution in [2.75, 3.05) is 122 Å². The molecule has 2 fully saturated rings. The summed E-state index contributed by atoms with van der Waals surface area (Å²) in [6.45, 7) is 9.62. The normalized spacial score (nSPS) is 11.3. The summed E-state index contributed by atoms with van der Waals surface area (Å²) in [5.41, 5.74) is 31.4. The zero-order valence-corrected chi connectivity index (χ0v) is 71.1. The minimum Gasteiger partial charge on any atom is -0.481 e. The molecule has 42 heteroatoms. The van der Waals surface area contributed by atoms with E-state index in [1.807, 2.05) is 88.0 Å². The second kappa shape index (κ2) is 54.9. The Kier molecular flexibility index (Phi) is 46.4. The van der Waals surface area contributed by atoms with Gasteiger partial charge in [0.25, 0.3) is 22.7 Å². The van der Waals surface area contributed by atoms with Gasteiger partial charge in [-0.3, -0.25) is 74.0 Å². The number of amides is 1. The van der Waals surface area contributed by atoms with Crippen molar-refractivity contribution in [3.05, 3.63) is 167 Å². The molecule has 14 N–H and O–H groups in total. The van der Waals surface area contributed by atoms with Crippen LogP contribution in [0.15, 0.2) is 109 Å². The Bertz CT molecular complexity index is 4900. The fraction of sp³-hybridized carbons (Fsp3) is 0.418. The number of alkyl halides is 1. The van der Waals surface area contributed by atoms with Gasteiger partial charge in [0.2, 0.25) is 5.91 Å². The Morgan fingerprint density at radius 3 is 1.29 bits per heavy atom. The number of non-ortho nitro benzene ring substituents is 4. The van der Waals surface area contributed by atoms with E-state index in [4.69, 9.17) is 42.3 Å². The lowest BCUT2D eigenvalue weighted by molar-refractivity contribution is -0.385. The second-order valence-electron chi connectivity index (χ2n) is 25.7. The lowest BCUT2D eigenvalue weighted by atomic mass is 10.2. The molecule has 2 saturated heterocycles. The van der Waals surface area contributed by atoms with Crippen LogP contribution in [0.5, 0.6) is 0 Å². The van der Waals surface area contributed by atoms with Crippen LogP contribution in [0.3, 0.4) is 0 Å². The minimum atomic E-state index is -0.955. The van der Waals surface area contributed by atoms with Crippen LogP contribution in [0.4, 0.5) is 68.2 Å². The quantitative estimate of drug-likeness (QED) is 0.00222. The van der Waals surface area contributed by atoms with Crippen molar-refractivity contribution in [3.63, 3.8) is 0 Å². The largest absolute Gasteiger partial charge is 0.481 e. The number of anilines is 8. The van der Waals surface area contributed by atoms with Crippen LogP contribution in [0.2, 0.25) is 0 Å². The fourth-order valence-electron chi connectivity index (χ4n) is 10.9. The zero-order valence-electron chi connectivity index (χ0n) is 69.0. The highest BCUT2D eigenvalue weighted by Crippen LogP contribution is 2.30. The fourth-order valence-corrected chi connectivity index (χ4v) is 10.9. The highest BCUT2D eigenvalue weighted by molar-refractivity contribution is 14.1. The lowest BCUT2D eigenvalue weighted by Crippen LogP contribution is -2.29. The minimum absolute atomic E-state index is 0.0303. The van der Waals surface area contributed by atoms with Crippen LogP contribution in [-0.4, -0.2) is 184 Å². The third-order valence-corrected chi connectivity index (χ3v) is 17.0. The van der Waals surface area contributed by atoms with Gasteiger partial charge in [-0.2, -0.15) is 0 Å². The van der Waals surface area contributed by atoms with Gasteiger partial charge in [-0.25, -0.2) is 15.0 Å². The van der Waals surface area contributed by atoms with Crippen molar-refractivity contribution >= 4 is 166 Å². The smallest absolute Gasteiger partial charge is 0.313 e. The molecule has 0 atom stereocenters. The number of fused-ring (bicyclic) bond motifs is 3. The molecule has 0 radical (unpaired) electrons. The molecule has 9 aromatic rings. The van der Waals surface area contributed by atoms with Gasteiger partial charge in [0.1, 0.15) is 17.5 Å². The number of aliphatic carboxylic acids is 1. The van der Waals surface area contributed by atoms with Crippen LogP contribution >= 0.6 is 22.6 Å². The zero-order chi connectivity index (χ0) is 90.3.